The maximum Gasteiger partial charge on any atom is 0.308 e. The number of aliphatic hydroxyl groups excluding tert-OH is 3. The molecule has 0 saturated carbocycles. The highest BCUT2D eigenvalue weighted by molar-refractivity contribution is 5.74. The van der Waals surface area contributed by atoms with Crippen LogP contribution in [0.1, 0.15) is 90.9 Å². The summed E-state index contributed by atoms with van der Waals surface area (Å²) in [6, 6.07) is -1.12. The average Bonchev–Trinajstić information content (AvgIpc) is 2.76. The molecule has 0 spiro atoms. The lowest BCUT2D eigenvalue weighted by molar-refractivity contribution is -0.213. The van der Waals surface area contributed by atoms with E-state index >= 15 is 0 Å². The van der Waals surface area contributed by atoms with E-state index in [1.807, 2.05) is 0 Å². The van der Waals surface area contributed by atoms with Crippen molar-refractivity contribution in [2.24, 2.45) is 0 Å². The topological polar surface area (TPSA) is 163 Å². The summed E-state index contributed by atoms with van der Waals surface area (Å²) in [7, 11) is 0. The number of carboxylic acids is 1. The Morgan fingerprint density at radius 2 is 1.59 bits per heavy atom. The molecule has 5 N–H and O–H groups in total. The first-order valence-corrected chi connectivity index (χ1v) is 12.5. The minimum absolute atomic E-state index is 0.290. The highest BCUT2D eigenvalue weighted by Gasteiger charge is 2.48. The van der Waals surface area contributed by atoms with Gasteiger partial charge in [0.2, 0.25) is 5.91 Å². The van der Waals surface area contributed by atoms with Crippen molar-refractivity contribution < 1.29 is 44.3 Å². The molecular weight excluding hydrogens is 446 g/mol. The first kappa shape index (κ1) is 30.3. The van der Waals surface area contributed by atoms with E-state index in [1.165, 1.54) is 39.0 Å². The molecule has 1 amide bonds. The highest BCUT2D eigenvalue weighted by Crippen LogP contribution is 2.26. The number of aliphatic hydroxyl groups is 3. The third-order valence-electron chi connectivity index (χ3n) is 6.06. The van der Waals surface area contributed by atoms with Crippen LogP contribution >= 0.6 is 0 Å². The van der Waals surface area contributed by atoms with Crippen molar-refractivity contribution in [2.75, 3.05) is 6.61 Å². The summed E-state index contributed by atoms with van der Waals surface area (Å²) in [5.74, 6) is -2.52. The Kier molecular flexibility index (Phi) is 15.0. The number of unbranched alkanes of at least 4 members (excludes halogenated alkanes) is 8. The lowest BCUT2D eigenvalue weighted by Gasteiger charge is -2.43. The molecule has 1 fully saturated rings. The molecule has 1 heterocycles. The molecule has 0 aliphatic carbocycles. The first-order valence-electron chi connectivity index (χ1n) is 12.5. The normalized spacial score (nSPS) is 25.5. The van der Waals surface area contributed by atoms with Gasteiger partial charge in [-0.3, -0.25) is 14.4 Å². The maximum atomic E-state index is 12.5. The summed E-state index contributed by atoms with van der Waals surface area (Å²) >= 11 is 0. The van der Waals surface area contributed by atoms with Crippen molar-refractivity contribution in [3.8, 4) is 0 Å². The van der Waals surface area contributed by atoms with Gasteiger partial charge >= 0.3 is 11.9 Å². The molecule has 0 radical (unpaired) electrons. The summed E-state index contributed by atoms with van der Waals surface area (Å²) in [5, 5.41) is 41.9. The van der Waals surface area contributed by atoms with Crippen LogP contribution in [-0.2, 0) is 23.9 Å². The molecular formula is C24H43NO9. The van der Waals surface area contributed by atoms with Crippen molar-refractivity contribution in [3.63, 3.8) is 0 Å². The van der Waals surface area contributed by atoms with Gasteiger partial charge in [0.05, 0.1) is 37.7 Å². The lowest BCUT2D eigenvalue weighted by atomic mass is 9.90. The fraction of sp³-hybridized carbons (Fsp3) is 0.875. The minimum atomic E-state index is -1.48. The predicted octanol–water partition coefficient (Wildman–Crippen LogP) is 1.67. The van der Waals surface area contributed by atoms with Gasteiger partial charge in [0.15, 0.2) is 6.10 Å². The number of rotatable bonds is 17. The van der Waals surface area contributed by atoms with Gasteiger partial charge in [-0.1, -0.05) is 64.7 Å². The molecule has 4 unspecified atom stereocenters. The van der Waals surface area contributed by atoms with Crippen LogP contribution in [0.3, 0.4) is 0 Å². The number of carbonyl (C=O) groups excluding carboxylic acids is 2. The van der Waals surface area contributed by atoms with Gasteiger partial charge in [-0.2, -0.15) is 0 Å². The molecule has 0 aromatic heterocycles. The van der Waals surface area contributed by atoms with E-state index in [4.69, 9.17) is 14.6 Å². The van der Waals surface area contributed by atoms with Crippen molar-refractivity contribution in [2.45, 2.75) is 127 Å². The Morgan fingerprint density at radius 1 is 1.00 bits per heavy atom. The Labute approximate surface area is 202 Å². The van der Waals surface area contributed by atoms with E-state index in [9.17, 15) is 29.7 Å². The van der Waals surface area contributed by atoms with Gasteiger partial charge in [-0.15, -0.1) is 0 Å². The quantitative estimate of drug-likeness (QED) is 0.151. The fourth-order valence-corrected chi connectivity index (χ4v) is 4.26. The van der Waals surface area contributed by atoms with Crippen molar-refractivity contribution in [1.82, 2.24) is 5.32 Å². The van der Waals surface area contributed by atoms with Gasteiger partial charge in [0.1, 0.15) is 12.2 Å². The van der Waals surface area contributed by atoms with E-state index in [-0.39, 0.29) is 6.42 Å². The largest absolute Gasteiger partial charge is 0.481 e. The Hall–Kier alpha value is -1.75. The van der Waals surface area contributed by atoms with Crippen LogP contribution in [0, 0.1) is 0 Å². The summed E-state index contributed by atoms with van der Waals surface area (Å²) in [5.41, 5.74) is 0. The maximum absolute atomic E-state index is 12.5. The standard InChI is InChI=1S/C24H43NO9/c1-3-4-5-6-7-8-9-10-11-12-17(28)13-21(31)34-24-22(25-16(2)27)18(14-20(29)30)33-19(15-26)23(24)32/h17-19,22-24,26,28,32H,3-15H2,1-2H3,(H,25,27)(H,29,30)/t17-,18?,19?,22+,23?,24?/m1/s1. The molecule has 1 saturated heterocycles. The number of hydrogen-bond acceptors (Lipinski definition) is 8. The van der Waals surface area contributed by atoms with E-state index in [0.29, 0.717) is 6.42 Å². The number of amides is 1. The average molecular weight is 490 g/mol. The van der Waals surface area contributed by atoms with Crippen LogP contribution in [0.25, 0.3) is 0 Å². The van der Waals surface area contributed by atoms with Gasteiger partial charge in [0, 0.05) is 6.92 Å². The Morgan fingerprint density at radius 3 is 2.12 bits per heavy atom. The monoisotopic (exact) mass is 489 g/mol. The number of nitrogens with one attached hydrogen (secondary N) is 1. The molecule has 1 aliphatic heterocycles. The van der Waals surface area contributed by atoms with Crippen LogP contribution in [0.5, 0.6) is 0 Å². The van der Waals surface area contributed by atoms with E-state index < -0.39 is 67.4 Å². The molecule has 10 heteroatoms. The minimum Gasteiger partial charge on any atom is -0.481 e. The van der Waals surface area contributed by atoms with E-state index in [1.54, 1.807) is 0 Å². The summed E-state index contributed by atoms with van der Waals surface area (Å²) in [6.07, 6.45) is 3.87. The molecule has 0 aromatic rings. The molecule has 10 nitrogen and oxygen atoms in total. The van der Waals surface area contributed by atoms with Crippen LogP contribution in [0.2, 0.25) is 0 Å². The number of carboxylic acid groups (broad SMARTS) is 1. The smallest absolute Gasteiger partial charge is 0.308 e. The van der Waals surface area contributed by atoms with Gasteiger partial charge in [0.25, 0.3) is 0 Å². The lowest BCUT2D eigenvalue weighted by Crippen LogP contribution is -2.65. The molecule has 6 atom stereocenters. The molecule has 0 aromatic carbocycles. The van der Waals surface area contributed by atoms with E-state index in [0.717, 1.165) is 25.7 Å². The molecule has 1 aliphatic rings. The van der Waals surface area contributed by atoms with Crippen molar-refractivity contribution >= 4 is 17.8 Å². The summed E-state index contributed by atoms with van der Waals surface area (Å²) < 4.78 is 10.8. The van der Waals surface area contributed by atoms with E-state index in [2.05, 4.69) is 12.2 Å². The van der Waals surface area contributed by atoms with Crippen molar-refractivity contribution in [1.29, 1.82) is 0 Å². The van der Waals surface area contributed by atoms with Crippen LogP contribution in [-0.4, -0.2) is 81.4 Å². The third-order valence-corrected chi connectivity index (χ3v) is 6.06. The zero-order valence-electron chi connectivity index (χ0n) is 20.5. The number of esters is 1. The second-order valence-corrected chi connectivity index (χ2v) is 9.14. The Bertz CT molecular complexity index is 615. The van der Waals surface area contributed by atoms with Gasteiger partial charge in [-0.05, 0) is 6.42 Å². The molecule has 34 heavy (non-hydrogen) atoms. The molecule has 0 bridgehead atoms. The number of hydrogen-bond donors (Lipinski definition) is 5. The number of aliphatic carboxylic acids is 1. The second kappa shape index (κ2) is 16.8. The van der Waals surface area contributed by atoms with Crippen molar-refractivity contribution in [3.05, 3.63) is 0 Å². The van der Waals surface area contributed by atoms with Crippen LogP contribution in [0.15, 0.2) is 0 Å². The van der Waals surface area contributed by atoms with Gasteiger partial charge in [-0.25, -0.2) is 0 Å². The van der Waals surface area contributed by atoms with Gasteiger partial charge < -0.3 is 35.2 Å². The zero-order valence-corrected chi connectivity index (χ0v) is 20.5. The highest BCUT2D eigenvalue weighted by atomic mass is 16.6. The number of ether oxygens (including phenoxy) is 2. The summed E-state index contributed by atoms with van der Waals surface area (Å²) in [4.78, 5) is 35.3. The first-order chi connectivity index (χ1) is 16.2. The predicted molar refractivity (Wildman–Crippen MR) is 124 cm³/mol. The third kappa shape index (κ3) is 11.6. The SMILES string of the molecule is CCCCCCCCCCC[C@@H](O)CC(=O)OC1C(O)C(CO)OC(CC(=O)O)[C@@H]1NC(C)=O. The van der Waals surface area contributed by atoms with Crippen LogP contribution < -0.4 is 5.32 Å². The van der Waals surface area contributed by atoms with Crippen LogP contribution in [0.4, 0.5) is 0 Å². The fourth-order valence-electron chi connectivity index (χ4n) is 4.26. The zero-order chi connectivity index (χ0) is 25.5. The molecule has 198 valence electrons. The summed E-state index contributed by atoms with van der Waals surface area (Å²) in [6.45, 7) is 2.77. The number of carbonyl (C=O) groups is 3. The Balaban J connectivity index is 2.54. The molecule has 1 rings (SSSR count). The second-order valence-electron chi connectivity index (χ2n) is 9.14.